The van der Waals surface area contributed by atoms with Gasteiger partial charge in [0.2, 0.25) is 0 Å². The third kappa shape index (κ3) is 3.28. The van der Waals surface area contributed by atoms with Crippen molar-refractivity contribution in [2.24, 2.45) is 0 Å². The fraction of sp³-hybridized carbons (Fsp3) is 0.214. The zero-order chi connectivity index (χ0) is 13.8. The predicted molar refractivity (Wildman–Crippen MR) is 71.1 cm³/mol. The number of aromatic hydroxyl groups is 1. The maximum absolute atomic E-state index is 10.5. The molecule has 1 aromatic heterocycles. The number of rotatable bonds is 4. The Labute approximate surface area is 110 Å². The fourth-order valence-electron chi connectivity index (χ4n) is 1.83. The highest BCUT2D eigenvalue weighted by Crippen LogP contribution is 2.18. The summed E-state index contributed by atoms with van der Waals surface area (Å²) in [6.45, 7) is 1.87. The standard InChI is InChI=1S/C14H14N2O3/c1-10-2-9-14(17)13(15-10)8-5-11-3-6-12(7-4-11)16(18)19/h2-4,6-7,9,17H,5,8H2,1H3. The number of benzene rings is 1. The highest BCUT2D eigenvalue weighted by atomic mass is 16.6. The Hall–Kier alpha value is -2.43. The molecule has 0 atom stereocenters. The van der Waals surface area contributed by atoms with Crippen molar-refractivity contribution in [3.05, 3.63) is 63.5 Å². The molecule has 19 heavy (non-hydrogen) atoms. The molecule has 98 valence electrons. The molecular weight excluding hydrogens is 244 g/mol. The number of pyridine rings is 1. The molecule has 0 radical (unpaired) electrons. The van der Waals surface area contributed by atoms with Crippen LogP contribution in [0.15, 0.2) is 36.4 Å². The van der Waals surface area contributed by atoms with Crippen molar-refractivity contribution in [3.8, 4) is 5.75 Å². The van der Waals surface area contributed by atoms with E-state index < -0.39 is 4.92 Å². The van der Waals surface area contributed by atoms with Gasteiger partial charge in [0.05, 0.1) is 10.6 Å². The third-order valence-corrected chi connectivity index (χ3v) is 2.89. The van der Waals surface area contributed by atoms with E-state index in [1.165, 1.54) is 12.1 Å². The minimum absolute atomic E-state index is 0.0836. The summed E-state index contributed by atoms with van der Waals surface area (Å²) in [5.41, 5.74) is 2.57. The van der Waals surface area contributed by atoms with Gasteiger partial charge in [0.15, 0.2) is 0 Å². The average molecular weight is 258 g/mol. The molecule has 0 aliphatic carbocycles. The van der Waals surface area contributed by atoms with E-state index in [0.29, 0.717) is 18.5 Å². The zero-order valence-electron chi connectivity index (χ0n) is 10.5. The normalized spacial score (nSPS) is 10.4. The smallest absolute Gasteiger partial charge is 0.269 e. The van der Waals surface area contributed by atoms with Gasteiger partial charge in [-0.1, -0.05) is 12.1 Å². The van der Waals surface area contributed by atoms with Crippen LogP contribution in [0.1, 0.15) is 17.0 Å². The lowest BCUT2D eigenvalue weighted by Gasteiger charge is -2.05. The first-order valence-corrected chi connectivity index (χ1v) is 5.95. The van der Waals surface area contributed by atoms with Gasteiger partial charge in [0.25, 0.3) is 5.69 Å². The van der Waals surface area contributed by atoms with E-state index in [9.17, 15) is 15.2 Å². The van der Waals surface area contributed by atoms with E-state index in [0.717, 1.165) is 11.3 Å². The van der Waals surface area contributed by atoms with E-state index in [1.807, 2.05) is 6.92 Å². The van der Waals surface area contributed by atoms with Gasteiger partial charge in [0.1, 0.15) is 5.75 Å². The van der Waals surface area contributed by atoms with Gasteiger partial charge in [-0.25, -0.2) is 0 Å². The predicted octanol–water partition coefficient (Wildman–Crippen LogP) is 2.79. The molecule has 1 N–H and O–H groups in total. The molecule has 5 heteroatoms. The summed E-state index contributed by atoms with van der Waals surface area (Å²) in [4.78, 5) is 14.4. The maximum Gasteiger partial charge on any atom is 0.269 e. The SMILES string of the molecule is Cc1ccc(O)c(CCc2ccc([N+](=O)[O-])cc2)n1. The topological polar surface area (TPSA) is 76.3 Å². The summed E-state index contributed by atoms with van der Waals surface area (Å²) in [7, 11) is 0. The van der Waals surface area contributed by atoms with Crippen molar-refractivity contribution in [2.75, 3.05) is 0 Å². The number of aryl methyl sites for hydroxylation is 3. The van der Waals surface area contributed by atoms with Crippen molar-refractivity contribution in [3.63, 3.8) is 0 Å². The molecule has 0 spiro atoms. The minimum Gasteiger partial charge on any atom is -0.506 e. The Morgan fingerprint density at radius 1 is 1.16 bits per heavy atom. The lowest BCUT2D eigenvalue weighted by molar-refractivity contribution is -0.384. The van der Waals surface area contributed by atoms with Crippen molar-refractivity contribution in [2.45, 2.75) is 19.8 Å². The number of nitro groups is 1. The molecule has 2 rings (SSSR count). The second-order valence-corrected chi connectivity index (χ2v) is 4.34. The zero-order valence-corrected chi connectivity index (χ0v) is 10.5. The number of non-ortho nitro benzene ring substituents is 1. The van der Waals surface area contributed by atoms with E-state index in [2.05, 4.69) is 4.98 Å². The maximum atomic E-state index is 10.5. The molecule has 0 fully saturated rings. The van der Waals surface area contributed by atoms with Crippen LogP contribution in [-0.2, 0) is 12.8 Å². The van der Waals surface area contributed by atoms with E-state index >= 15 is 0 Å². The van der Waals surface area contributed by atoms with Crippen LogP contribution < -0.4 is 0 Å². The molecule has 0 aliphatic heterocycles. The monoisotopic (exact) mass is 258 g/mol. The van der Waals surface area contributed by atoms with Crippen LogP contribution in [0.25, 0.3) is 0 Å². The van der Waals surface area contributed by atoms with Crippen molar-refractivity contribution < 1.29 is 10.0 Å². The van der Waals surface area contributed by atoms with Gasteiger partial charge in [-0.05, 0) is 37.5 Å². The van der Waals surface area contributed by atoms with E-state index in [4.69, 9.17) is 0 Å². The summed E-state index contributed by atoms with van der Waals surface area (Å²) < 4.78 is 0. The Morgan fingerprint density at radius 3 is 2.47 bits per heavy atom. The summed E-state index contributed by atoms with van der Waals surface area (Å²) >= 11 is 0. The molecule has 0 bridgehead atoms. The first-order chi connectivity index (χ1) is 9.06. The van der Waals surface area contributed by atoms with E-state index in [1.54, 1.807) is 24.3 Å². The Kier molecular flexibility index (Phi) is 3.75. The number of hydrogen-bond donors (Lipinski definition) is 1. The van der Waals surface area contributed by atoms with Gasteiger partial charge in [-0.2, -0.15) is 0 Å². The first kappa shape index (κ1) is 13.0. The third-order valence-electron chi connectivity index (χ3n) is 2.89. The molecule has 2 aromatic rings. The van der Waals surface area contributed by atoms with Crippen LogP contribution >= 0.6 is 0 Å². The Balaban J connectivity index is 2.06. The molecular formula is C14H14N2O3. The van der Waals surface area contributed by atoms with Crippen LogP contribution in [0.2, 0.25) is 0 Å². The molecule has 0 saturated carbocycles. The van der Waals surface area contributed by atoms with Crippen molar-refractivity contribution in [1.82, 2.24) is 4.98 Å². The summed E-state index contributed by atoms with van der Waals surface area (Å²) in [6, 6.07) is 9.81. The van der Waals surface area contributed by atoms with Crippen LogP contribution in [0.5, 0.6) is 5.75 Å². The quantitative estimate of drug-likeness (QED) is 0.675. The summed E-state index contributed by atoms with van der Waals surface area (Å²) in [6.07, 6.45) is 1.29. The van der Waals surface area contributed by atoms with Crippen molar-refractivity contribution in [1.29, 1.82) is 0 Å². The second kappa shape index (κ2) is 5.48. The second-order valence-electron chi connectivity index (χ2n) is 4.34. The largest absolute Gasteiger partial charge is 0.506 e. The lowest BCUT2D eigenvalue weighted by Crippen LogP contribution is -1.97. The molecule has 0 unspecified atom stereocenters. The number of nitrogens with zero attached hydrogens (tertiary/aromatic N) is 2. The molecule has 1 heterocycles. The van der Waals surface area contributed by atoms with Crippen LogP contribution in [0, 0.1) is 17.0 Å². The van der Waals surface area contributed by atoms with Gasteiger partial charge < -0.3 is 5.11 Å². The highest BCUT2D eigenvalue weighted by Gasteiger charge is 2.06. The minimum atomic E-state index is -0.419. The molecule has 0 saturated heterocycles. The van der Waals surface area contributed by atoms with Crippen LogP contribution in [0.3, 0.4) is 0 Å². The number of aromatic nitrogens is 1. The van der Waals surface area contributed by atoms with Gasteiger partial charge in [-0.3, -0.25) is 15.1 Å². The Morgan fingerprint density at radius 2 is 1.84 bits per heavy atom. The van der Waals surface area contributed by atoms with Gasteiger partial charge in [0, 0.05) is 17.8 Å². The first-order valence-electron chi connectivity index (χ1n) is 5.95. The number of hydrogen-bond acceptors (Lipinski definition) is 4. The number of nitro benzene ring substituents is 1. The lowest BCUT2D eigenvalue weighted by atomic mass is 10.1. The molecule has 1 aromatic carbocycles. The molecule has 0 amide bonds. The highest BCUT2D eigenvalue weighted by molar-refractivity contribution is 5.34. The Bertz CT molecular complexity index is 594. The summed E-state index contributed by atoms with van der Waals surface area (Å²) in [5.74, 6) is 0.188. The van der Waals surface area contributed by atoms with Crippen molar-refractivity contribution >= 4 is 5.69 Å². The average Bonchev–Trinajstić information content (AvgIpc) is 2.40. The molecule has 5 nitrogen and oxygen atoms in total. The fourth-order valence-corrected chi connectivity index (χ4v) is 1.83. The van der Waals surface area contributed by atoms with Gasteiger partial charge in [-0.15, -0.1) is 0 Å². The summed E-state index contributed by atoms with van der Waals surface area (Å²) in [5, 5.41) is 20.2. The van der Waals surface area contributed by atoms with E-state index in [-0.39, 0.29) is 11.4 Å². The van der Waals surface area contributed by atoms with Crippen LogP contribution in [0.4, 0.5) is 5.69 Å². The molecule has 0 aliphatic rings. The van der Waals surface area contributed by atoms with Gasteiger partial charge >= 0.3 is 0 Å². The van der Waals surface area contributed by atoms with Crippen LogP contribution in [-0.4, -0.2) is 15.0 Å².